The van der Waals surface area contributed by atoms with Crippen molar-refractivity contribution in [3.8, 4) is 0 Å². The first-order chi connectivity index (χ1) is 9.58. The molecule has 0 bridgehead atoms. The van der Waals surface area contributed by atoms with Crippen LogP contribution in [0.1, 0.15) is 41.8 Å². The van der Waals surface area contributed by atoms with Gasteiger partial charge in [0.15, 0.2) is 0 Å². The third-order valence-corrected chi connectivity index (χ3v) is 4.32. The molecular formula is C17H22N2S. The molecule has 1 heterocycles. The van der Waals surface area contributed by atoms with Crippen LogP contribution < -0.4 is 5.73 Å². The number of pyridine rings is 1. The van der Waals surface area contributed by atoms with Gasteiger partial charge in [-0.05, 0) is 38.0 Å². The number of nitrogens with two attached hydrogens (primary N) is 1. The van der Waals surface area contributed by atoms with Crippen molar-refractivity contribution >= 4 is 11.8 Å². The fourth-order valence-electron chi connectivity index (χ4n) is 2.22. The average molecular weight is 286 g/mol. The van der Waals surface area contributed by atoms with Crippen molar-refractivity contribution in [3.63, 3.8) is 0 Å². The summed E-state index contributed by atoms with van der Waals surface area (Å²) in [6, 6.07) is 10.9. The quantitative estimate of drug-likeness (QED) is 0.828. The Hall–Kier alpha value is -1.32. The van der Waals surface area contributed by atoms with Gasteiger partial charge in [-0.1, -0.05) is 36.2 Å². The van der Waals surface area contributed by atoms with E-state index >= 15 is 0 Å². The van der Waals surface area contributed by atoms with Crippen molar-refractivity contribution in [2.45, 2.75) is 43.9 Å². The maximum Gasteiger partial charge on any atom is 0.0571 e. The van der Waals surface area contributed by atoms with Crippen LogP contribution in [0, 0.1) is 13.8 Å². The Kier molecular flexibility index (Phi) is 5.21. The third kappa shape index (κ3) is 4.09. The van der Waals surface area contributed by atoms with Gasteiger partial charge in [-0.3, -0.25) is 4.98 Å². The minimum Gasteiger partial charge on any atom is -0.323 e. The van der Waals surface area contributed by atoms with Crippen LogP contribution in [0.5, 0.6) is 0 Å². The zero-order valence-corrected chi connectivity index (χ0v) is 13.2. The largest absolute Gasteiger partial charge is 0.323 e. The SMILES string of the molecule is CCC(N)c1ccc(SCc2cc(C)cc(C)c2)cn1. The summed E-state index contributed by atoms with van der Waals surface area (Å²) in [5, 5.41) is 0. The second-order valence-corrected chi connectivity index (χ2v) is 6.27. The minimum atomic E-state index is 0.0495. The van der Waals surface area contributed by atoms with Gasteiger partial charge in [-0.25, -0.2) is 0 Å². The van der Waals surface area contributed by atoms with Crippen LogP contribution in [-0.2, 0) is 5.75 Å². The predicted molar refractivity (Wildman–Crippen MR) is 86.9 cm³/mol. The molecule has 0 spiro atoms. The smallest absolute Gasteiger partial charge is 0.0571 e. The van der Waals surface area contributed by atoms with Crippen molar-refractivity contribution in [2.24, 2.45) is 5.73 Å². The molecule has 0 aliphatic carbocycles. The molecule has 20 heavy (non-hydrogen) atoms. The maximum atomic E-state index is 5.97. The summed E-state index contributed by atoms with van der Waals surface area (Å²) in [5.41, 5.74) is 11.0. The topological polar surface area (TPSA) is 38.9 Å². The molecule has 1 atom stereocenters. The van der Waals surface area contributed by atoms with Crippen molar-refractivity contribution in [1.82, 2.24) is 4.98 Å². The van der Waals surface area contributed by atoms with Crippen LogP contribution in [0.15, 0.2) is 41.4 Å². The van der Waals surface area contributed by atoms with Crippen LogP contribution >= 0.6 is 11.8 Å². The van der Waals surface area contributed by atoms with E-state index in [2.05, 4.69) is 50.0 Å². The number of hydrogen-bond acceptors (Lipinski definition) is 3. The van der Waals surface area contributed by atoms with Gasteiger partial charge in [0.1, 0.15) is 0 Å². The van der Waals surface area contributed by atoms with E-state index in [1.54, 1.807) is 0 Å². The van der Waals surface area contributed by atoms with Crippen molar-refractivity contribution in [2.75, 3.05) is 0 Å². The summed E-state index contributed by atoms with van der Waals surface area (Å²) in [4.78, 5) is 5.64. The van der Waals surface area contributed by atoms with Gasteiger partial charge in [-0.15, -0.1) is 11.8 Å². The van der Waals surface area contributed by atoms with Gasteiger partial charge in [0.25, 0.3) is 0 Å². The Morgan fingerprint density at radius 2 is 1.85 bits per heavy atom. The van der Waals surface area contributed by atoms with E-state index in [0.29, 0.717) is 0 Å². The number of aromatic nitrogens is 1. The second kappa shape index (κ2) is 6.91. The molecule has 2 rings (SSSR count). The lowest BCUT2D eigenvalue weighted by molar-refractivity contribution is 0.674. The van der Waals surface area contributed by atoms with E-state index in [4.69, 9.17) is 5.73 Å². The zero-order chi connectivity index (χ0) is 14.5. The molecule has 0 aliphatic heterocycles. The Morgan fingerprint density at radius 1 is 1.15 bits per heavy atom. The molecule has 0 saturated heterocycles. The first-order valence-electron chi connectivity index (χ1n) is 7.00. The summed E-state index contributed by atoms with van der Waals surface area (Å²) >= 11 is 1.82. The number of hydrogen-bond donors (Lipinski definition) is 1. The molecule has 0 radical (unpaired) electrons. The lowest BCUT2D eigenvalue weighted by Gasteiger charge is -2.09. The van der Waals surface area contributed by atoms with E-state index < -0.39 is 0 Å². The maximum absolute atomic E-state index is 5.97. The third-order valence-electron chi connectivity index (χ3n) is 3.27. The normalized spacial score (nSPS) is 12.4. The van der Waals surface area contributed by atoms with Crippen molar-refractivity contribution in [1.29, 1.82) is 0 Å². The standard InChI is InChI=1S/C17H22N2S/c1-4-16(18)17-6-5-15(10-19-17)20-11-14-8-12(2)7-13(3)9-14/h5-10,16H,4,11,18H2,1-3H3. The highest BCUT2D eigenvalue weighted by Gasteiger charge is 2.05. The Morgan fingerprint density at radius 3 is 2.40 bits per heavy atom. The summed E-state index contributed by atoms with van der Waals surface area (Å²) < 4.78 is 0. The summed E-state index contributed by atoms with van der Waals surface area (Å²) in [7, 11) is 0. The van der Waals surface area contributed by atoms with Crippen LogP contribution in [-0.4, -0.2) is 4.98 Å². The molecule has 0 aliphatic rings. The summed E-state index contributed by atoms with van der Waals surface area (Å²) in [5.74, 6) is 0.976. The van der Waals surface area contributed by atoms with Crippen LogP contribution in [0.2, 0.25) is 0 Å². The monoisotopic (exact) mass is 286 g/mol. The predicted octanol–water partition coefficient (Wildman–Crippen LogP) is 4.40. The van der Waals surface area contributed by atoms with E-state index in [0.717, 1.165) is 17.9 Å². The molecule has 0 fully saturated rings. The molecule has 2 aromatic rings. The van der Waals surface area contributed by atoms with Crippen LogP contribution in [0.3, 0.4) is 0 Å². The Balaban J connectivity index is 2.00. The van der Waals surface area contributed by atoms with Gasteiger partial charge < -0.3 is 5.73 Å². The molecule has 2 nitrogen and oxygen atoms in total. The first kappa shape index (κ1) is 15.1. The molecule has 106 valence electrons. The highest BCUT2D eigenvalue weighted by Crippen LogP contribution is 2.24. The zero-order valence-electron chi connectivity index (χ0n) is 12.4. The van der Waals surface area contributed by atoms with Gasteiger partial charge in [0.05, 0.1) is 5.69 Å². The number of rotatable bonds is 5. The highest BCUT2D eigenvalue weighted by molar-refractivity contribution is 7.98. The lowest BCUT2D eigenvalue weighted by atomic mass is 10.1. The molecule has 3 heteroatoms. The van der Waals surface area contributed by atoms with E-state index in [1.165, 1.54) is 21.6 Å². The van der Waals surface area contributed by atoms with Crippen LogP contribution in [0.25, 0.3) is 0 Å². The molecule has 1 unspecified atom stereocenters. The van der Waals surface area contributed by atoms with E-state index in [-0.39, 0.29) is 6.04 Å². The molecule has 1 aromatic carbocycles. The Bertz CT molecular complexity index is 543. The molecule has 0 saturated carbocycles. The Labute approximate surface area is 125 Å². The second-order valence-electron chi connectivity index (χ2n) is 5.22. The lowest BCUT2D eigenvalue weighted by Crippen LogP contribution is -2.10. The number of thioether (sulfide) groups is 1. The molecule has 2 N–H and O–H groups in total. The number of benzene rings is 1. The highest BCUT2D eigenvalue weighted by atomic mass is 32.2. The summed E-state index contributed by atoms with van der Waals surface area (Å²) in [6.07, 6.45) is 2.85. The number of nitrogens with zero attached hydrogens (tertiary/aromatic N) is 1. The molecule has 0 amide bonds. The molecular weight excluding hydrogens is 264 g/mol. The van der Waals surface area contributed by atoms with Gasteiger partial charge in [-0.2, -0.15) is 0 Å². The van der Waals surface area contributed by atoms with Crippen molar-refractivity contribution < 1.29 is 0 Å². The van der Waals surface area contributed by atoms with E-state index in [9.17, 15) is 0 Å². The van der Waals surface area contributed by atoms with Crippen molar-refractivity contribution in [3.05, 3.63) is 58.9 Å². The van der Waals surface area contributed by atoms with Gasteiger partial charge in [0, 0.05) is 22.9 Å². The minimum absolute atomic E-state index is 0.0495. The van der Waals surface area contributed by atoms with Gasteiger partial charge in [0.2, 0.25) is 0 Å². The fourth-order valence-corrected chi connectivity index (χ4v) is 3.02. The summed E-state index contributed by atoms with van der Waals surface area (Å²) in [6.45, 7) is 6.36. The van der Waals surface area contributed by atoms with Crippen LogP contribution in [0.4, 0.5) is 0 Å². The molecule has 1 aromatic heterocycles. The fraction of sp³-hybridized carbons (Fsp3) is 0.353. The number of aryl methyl sites for hydroxylation is 2. The average Bonchev–Trinajstić information content (AvgIpc) is 2.44. The van der Waals surface area contributed by atoms with Gasteiger partial charge >= 0.3 is 0 Å². The first-order valence-corrected chi connectivity index (χ1v) is 7.98. The van der Waals surface area contributed by atoms with E-state index in [1.807, 2.05) is 24.0 Å².